The summed E-state index contributed by atoms with van der Waals surface area (Å²) in [7, 11) is 0. The van der Waals surface area contributed by atoms with Crippen LogP contribution in [-0.2, 0) is 0 Å². The molecule has 0 amide bonds. The first kappa shape index (κ1) is 10.2. The fraction of sp³-hybridized carbons (Fsp3) is 1.00. The van der Waals surface area contributed by atoms with E-state index in [1.165, 1.54) is 19.3 Å². The summed E-state index contributed by atoms with van der Waals surface area (Å²) in [5.41, 5.74) is 0. The Hall–Kier alpha value is 0.250. The van der Waals surface area contributed by atoms with E-state index in [-0.39, 0.29) is 12.0 Å². The molecule has 62 valence electrons. The van der Waals surface area contributed by atoms with E-state index in [2.05, 4.69) is 6.92 Å². The number of aliphatic hydroxyl groups is 1. The van der Waals surface area contributed by atoms with E-state index in [1.54, 1.807) is 0 Å². The number of hydrogen-bond donors (Lipinski definition) is 1. The highest BCUT2D eigenvalue weighted by atomic mass is 35.5. The highest BCUT2D eigenvalue weighted by Gasteiger charge is 2.01. The number of halogens is 1. The molecular formula is C8H17ClO. The number of unbranched alkanes of at least 4 members (excludes halogenated alkanes) is 2. The van der Waals surface area contributed by atoms with Crippen molar-refractivity contribution in [3.05, 3.63) is 0 Å². The second-order valence-corrected chi connectivity index (χ2v) is 3.22. The summed E-state index contributed by atoms with van der Waals surface area (Å²) in [5.74, 6) is 0. The van der Waals surface area contributed by atoms with Crippen molar-refractivity contribution in [2.24, 2.45) is 0 Å². The van der Waals surface area contributed by atoms with Crippen LogP contribution in [0, 0.1) is 0 Å². The quantitative estimate of drug-likeness (QED) is 0.473. The van der Waals surface area contributed by atoms with Gasteiger partial charge in [-0.05, 0) is 12.8 Å². The Bertz CT molecular complexity index is 66.3. The van der Waals surface area contributed by atoms with Gasteiger partial charge in [0.05, 0.1) is 0 Å². The summed E-state index contributed by atoms with van der Waals surface area (Å²) in [6.07, 6.45) is 5.49. The second-order valence-electron chi connectivity index (χ2n) is 2.61. The SMILES string of the molecule is CCCCCC(Cl)CCO. The summed E-state index contributed by atoms with van der Waals surface area (Å²) in [6.45, 7) is 2.40. The third-order valence-corrected chi connectivity index (χ3v) is 2.00. The zero-order valence-electron chi connectivity index (χ0n) is 6.65. The van der Waals surface area contributed by atoms with E-state index in [9.17, 15) is 0 Å². The zero-order valence-corrected chi connectivity index (χ0v) is 7.40. The minimum atomic E-state index is 0.191. The van der Waals surface area contributed by atoms with Gasteiger partial charge in [0.2, 0.25) is 0 Å². The Morgan fingerprint density at radius 2 is 2.00 bits per heavy atom. The summed E-state index contributed by atoms with van der Waals surface area (Å²) in [6, 6.07) is 0. The lowest BCUT2D eigenvalue weighted by molar-refractivity contribution is 0.284. The first-order valence-corrected chi connectivity index (χ1v) is 4.49. The van der Waals surface area contributed by atoms with Crippen molar-refractivity contribution in [1.82, 2.24) is 0 Å². The number of alkyl halides is 1. The van der Waals surface area contributed by atoms with Gasteiger partial charge in [0.25, 0.3) is 0 Å². The minimum Gasteiger partial charge on any atom is -0.396 e. The topological polar surface area (TPSA) is 20.2 Å². The van der Waals surface area contributed by atoms with E-state index < -0.39 is 0 Å². The molecule has 0 aromatic rings. The van der Waals surface area contributed by atoms with Gasteiger partial charge in [0.15, 0.2) is 0 Å². The summed E-state index contributed by atoms with van der Waals surface area (Å²) < 4.78 is 0. The van der Waals surface area contributed by atoms with E-state index in [1.807, 2.05) is 0 Å². The highest BCUT2D eigenvalue weighted by Crippen LogP contribution is 2.11. The smallest absolute Gasteiger partial charge is 0.0445 e. The van der Waals surface area contributed by atoms with Crippen LogP contribution in [0.5, 0.6) is 0 Å². The average molecular weight is 165 g/mol. The molecule has 10 heavy (non-hydrogen) atoms. The maximum Gasteiger partial charge on any atom is 0.0445 e. The van der Waals surface area contributed by atoms with Crippen molar-refractivity contribution >= 4 is 11.6 Å². The van der Waals surface area contributed by atoms with Gasteiger partial charge < -0.3 is 5.11 Å². The Kier molecular flexibility index (Phi) is 7.54. The number of hydrogen-bond acceptors (Lipinski definition) is 1. The van der Waals surface area contributed by atoms with E-state index in [0.717, 1.165) is 12.8 Å². The molecule has 0 aliphatic carbocycles. The molecule has 0 aromatic carbocycles. The van der Waals surface area contributed by atoms with Crippen molar-refractivity contribution in [1.29, 1.82) is 0 Å². The van der Waals surface area contributed by atoms with Crippen molar-refractivity contribution in [3.8, 4) is 0 Å². The lowest BCUT2D eigenvalue weighted by Crippen LogP contribution is -2.00. The summed E-state index contributed by atoms with van der Waals surface area (Å²) in [4.78, 5) is 0. The van der Waals surface area contributed by atoms with Crippen LogP contribution in [0.15, 0.2) is 0 Å². The second kappa shape index (κ2) is 7.36. The predicted octanol–water partition coefficient (Wildman–Crippen LogP) is 2.56. The lowest BCUT2D eigenvalue weighted by Gasteiger charge is -2.05. The molecular weight excluding hydrogens is 148 g/mol. The van der Waals surface area contributed by atoms with Gasteiger partial charge in [-0.1, -0.05) is 26.2 Å². The molecule has 0 saturated carbocycles. The van der Waals surface area contributed by atoms with Gasteiger partial charge in [-0.3, -0.25) is 0 Å². The lowest BCUT2D eigenvalue weighted by atomic mass is 10.1. The molecule has 1 N–H and O–H groups in total. The van der Waals surface area contributed by atoms with Crippen LogP contribution in [0.1, 0.15) is 39.0 Å². The van der Waals surface area contributed by atoms with Crippen molar-refractivity contribution in [2.75, 3.05) is 6.61 Å². The first-order valence-electron chi connectivity index (χ1n) is 4.06. The normalized spacial score (nSPS) is 13.5. The van der Waals surface area contributed by atoms with Gasteiger partial charge in [-0.2, -0.15) is 0 Å². The van der Waals surface area contributed by atoms with E-state index in [4.69, 9.17) is 16.7 Å². The molecule has 0 heterocycles. The van der Waals surface area contributed by atoms with Crippen LogP contribution in [0.4, 0.5) is 0 Å². The predicted molar refractivity (Wildman–Crippen MR) is 45.5 cm³/mol. The van der Waals surface area contributed by atoms with Crippen LogP contribution in [-0.4, -0.2) is 17.1 Å². The maximum atomic E-state index is 8.51. The van der Waals surface area contributed by atoms with Gasteiger partial charge in [-0.25, -0.2) is 0 Å². The third-order valence-electron chi connectivity index (χ3n) is 1.56. The molecule has 0 spiro atoms. The minimum absolute atomic E-state index is 0.191. The molecule has 1 unspecified atom stereocenters. The number of rotatable bonds is 6. The molecule has 0 aromatic heterocycles. The molecule has 0 aliphatic heterocycles. The molecule has 0 rings (SSSR count). The Balaban J connectivity index is 2.97. The Labute approximate surface area is 68.4 Å². The molecule has 0 aliphatic rings. The number of aliphatic hydroxyl groups excluding tert-OH is 1. The molecule has 2 heteroatoms. The van der Waals surface area contributed by atoms with E-state index in [0.29, 0.717) is 0 Å². The monoisotopic (exact) mass is 164 g/mol. The Morgan fingerprint density at radius 3 is 2.50 bits per heavy atom. The Morgan fingerprint density at radius 1 is 1.30 bits per heavy atom. The van der Waals surface area contributed by atoms with Crippen molar-refractivity contribution < 1.29 is 5.11 Å². The van der Waals surface area contributed by atoms with Crippen LogP contribution in [0.2, 0.25) is 0 Å². The van der Waals surface area contributed by atoms with Crippen LogP contribution in [0.25, 0.3) is 0 Å². The van der Waals surface area contributed by atoms with Gasteiger partial charge in [0, 0.05) is 12.0 Å². The molecule has 0 fully saturated rings. The highest BCUT2D eigenvalue weighted by molar-refractivity contribution is 6.20. The largest absolute Gasteiger partial charge is 0.396 e. The van der Waals surface area contributed by atoms with Crippen molar-refractivity contribution in [3.63, 3.8) is 0 Å². The summed E-state index contributed by atoms with van der Waals surface area (Å²) >= 11 is 5.86. The summed E-state index contributed by atoms with van der Waals surface area (Å²) in [5, 5.41) is 8.70. The fourth-order valence-corrected chi connectivity index (χ4v) is 1.15. The van der Waals surface area contributed by atoms with E-state index >= 15 is 0 Å². The molecule has 1 nitrogen and oxygen atoms in total. The molecule has 0 saturated heterocycles. The van der Waals surface area contributed by atoms with Crippen LogP contribution in [0.3, 0.4) is 0 Å². The third kappa shape index (κ3) is 6.37. The average Bonchev–Trinajstić information content (AvgIpc) is 1.89. The maximum absolute atomic E-state index is 8.51. The standard InChI is InChI=1S/C8H17ClO/c1-2-3-4-5-8(9)6-7-10/h8,10H,2-7H2,1H3. The van der Waals surface area contributed by atoms with Gasteiger partial charge >= 0.3 is 0 Å². The molecule has 0 bridgehead atoms. The van der Waals surface area contributed by atoms with Crippen molar-refractivity contribution in [2.45, 2.75) is 44.4 Å². The van der Waals surface area contributed by atoms with Crippen LogP contribution >= 0.6 is 11.6 Å². The van der Waals surface area contributed by atoms with Gasteiger partial charge in [0.1, 0.15) is 0 Å². The molecule has 1 atom stereocenters. The zero-order chi connectivity index (χ0) is 7.82. The first-order chi connectivity index (χ1) is 4.81. The van der Waals surface area contributed by atoms with Crippen LogP contribution < -0.4 is 0 Å². The molecule has 0 radical (unpaired) electrons. The fourth-order valence-electron chi connectivity index (χ4n) is 0.900. The van der Waals surface area contributed by atoms with Gasteiger partial charge in [-0.15, -0.1) is 11.6 Å².